The van der Waals surface area contributed by atoms with Crippen LogP contribution in [0.3, 0.4) is 0 Å². The molecule has 1 aromatic rings. The summed E-state index contributed by atoms with van der Waals surface area (Å²) in [6, 6.07) is 4.56. The van der Waals surface area contributed by atoms with Gasteiger partial charge in [-0.15, -0.1) is 0 Å². The van der Waals surface area contributed by atoms with Gasteiger partial charge in [-0.05, 0) is 26.0 Å². The van der Waals surface area contributed by atoms with Crippen molar-refractivity contribution in [2.75, 3.05) is 23.9 Å². The number of aromatic carboxylic acids is 1. The minimum absolute atomic E-state index is 0.0119. The molecule has 1 rings (SSSR count). The number of carboxylic acids is 1. The van der Waals surface area contributed by atoms with Gasteiger partial charge in [-0.25, -0.2) is 13.2 Å². The van der Waals surface area contributed by atoms with Crippen LogP contribution in [-0.4, -0.2) is 37.0 Å². The molecule has 0 aliphatic rings. The second kappa shape index (κ2) is 5.08. The van der Waals surface area contributed by atoms with Crippen LogP contribution in [0.25, 0.3) is 0 Å². The van der Waals surface area contributed by atoms with E-state index in [1.807, 2.05) is 0 Å². The molecule has 0 radical (unpaired) electrons. The maximum atomic E-state index is 11.6. The summed E-state index contributed by atoms with van der Waals surface area (Å²) in [6.07, 6.45) is 1.16. The number of carbonyl (C=O) groups is 1. The molecule has 4 N–H and O–H groups in total. The lowest BCUT2D eigenvalue weighted by molar-refractivity contribution is 0.0698. The van der Waals surface area contributed by atoms with Gasteiger partial charge in [0.2, 0.25) is 0 Å². The Bertz CT molecular complexity index is 594. The molecule has 0 saturated heterocycles. The molecule has 0 amide bonds. The summed E-state index contributed by atoms with van der Waals surface area (Å²) >= 11 is 0. The smallest absolute Gasteiger partial charge is 0.337 e. The lowest BCUT2D eigenvalue weighted by Crippen LogP contribution is -2.38. The molecule has 0 saturated carbocycles. The molecule has 7 heteroatoms. The van der Waals surface area contributed by atoms with E-state index < -0.39 is 20.6 Å². The van der Waals surface area contributed by atoms with Gasteiger partial charge in [0.05, 0.1) is 21.7 Å². The largest absolute Gasteiger partial charge is 0.478 e. The standard InChI is InChI=1S/C12H18N2O4S/c1-12(2,19(3,17)18)7-14-9-6-4-5-8(10(9)13)11(15)16/h4-6,14H,7,13H2,1-3H3,(H,15,16). The van der Waals surface area contributed by atoms with Crippen molar-refractivity contribution in [3.8, 4) is 0 Å². The predicted octanol–water partition coefficient (Wildman–Crippen LogP) is 1.20. The fourth-order valence-corrected chi connectivity index (χ4v) is 1.68. The number of rotatable bonds is 5. The van der Waals surface area contributed by atoms with Crippen LogP contribution in [0.2, 0.25) is 0 Å². The first-order chi connectivity index (χ1) is 8.56. The lowest BCUT2D eigenvalue weighted by Gasteiger charge is -2.24. The highest BCUT2D eigenvalue weighted by Gasteiger charge is 2.30. The van der Waals surface area contributed by atoms with Gasteiger partial charge < -0.3 is 16.2 Å². The number of anilines is 2. The molecule has 106 valence electrons. The second-order valence-corrected chi connectivity index (χ2v) is 7.61. The molecular formula is C12H18N2O4S. The number of nitrogens with one attached hydrogen (secondary N) is 1. The number of hydrogen-bond acceptors (Lipinski definition) is 5. The Hall–Kier alpha value is -1.76. The first kappa shape index (κ1) is 15.3. The molecule has 0 aromatic heterocycles. The quantitative estimate of drug-likeness (QED) is 0.702. The Balaban J connectivity index is 2.97. The zero-order valence-electron chi connectivity index (χ0n) is 11.1. The topological polar surface area (TPSA) is 109 Å². The van der Waals surface area contributed by atoms with E-state index in [4.69, 9.17) is 10.8 Å². The molecule has 0 unspecified atom stereocenters. The zero-order valence-corrected chi connectivity index (χ0v) is 11.9. The molecule has 0 heterocycles. The number of hydrogen-bond donors (Lipinski definition) is 3. The summed E-state index contributed by atoms with van der Waals surface area (Å²) in [4.78, 5) is 10.9. The average molecular weight is 286 g/mol. The molecule has 19 heavy (non-hydrogen) atoms. The molecule has 0 spiro atoms. The summed E-state index contributed by atoms with van der Waals surface area (Å²) in [5.74, 6) is -1.12. The van der Waals surface area contributed by atoms with Gasteiger partial charge in [-0.2, -0.15) is 0 Å². The van der Waals surface area contributed by atoms with E-state index in [1.54, 1.807) is 26.0 Å². The van der Waals surface area contributed by atoms with Crippen molar-refractivity contribution in [2.45, 2.75) is 18.6 Å². The first-order valence-electron chi connectivity index (χ1n) is 5.61. The van der Waals surface area contributed by atoms with Crippen molar-refractivity contribution in [1.82, 2.24) is 0 Å². The summed E-state index contributed by atoms with van der Waals surface area (Å²) in [5, 5.41) is 11.8. The molecule has 0 fully saturated rings. The average Bonchev–Trinajstić information content (AvgIpc) is 2.25. The van der Waals surface area contributed by atoms with Crippen molar-refractivity contribution >= 4 is 27.2 Å². The van der Waals surface area contributed by atoms with Gasteiger partial charge in [0.15, 0.2) is 9.84 Å². The minimum atomic E-state index is -3.23. The number of benzene rings is 1. The Kier molecular flexibility index (Phi) is 4.09. The Labute approximate surface area is 112 Å². The van der Waals surface area contributed by atoms with E-state index in [-0.39, 0.29) is 17.8 Å². The van der Waals surface area contributed by atoms with Crippen molar-refractivity contribution in [1.29, 1.82) is 0 Å². The summed E-state index contributed by atoms with van der Waals surface area (Å²) < 4.78 is 22.2. The van der Waals surface area contributed by atoms with Crippen molar-refractivity contribution in [3.05, 3.63) is 23.8 Å². The Morgan fingerprint density at radius 3 is 2.47 bits per heavy atom. The van der Waals surface area contributed by atoms with Crippen molar-refractivity contribution in [2.24, 2.45) is 0 Å². The fraction of sp³-hybridized carbons (Fsp3) is 0.417. The summed E-state index contributed by atoms with van der Waals surface area (Å²) in [7, 11) is -3.23. The lowest BCUT2D eigenvalue weighted by atomic mass is 10.1. The van der Waals surface area contributed by atoms with E-state index in [2.05, 4.69) is 5.32 Å². The highest BCUT2D eigenvalue weighted by Crippen LogP contribution is 2.24. The van der Waals surface area contributed by atoms with Crippen LogP contribution in [0.1, 0.15) is 24.2 Å². The van der Waals surface area contributed by atoms with E-state index in [0.717, 1.165) is 6.26 Å². The molecule has 0 aliphatic carbocycles. The van der Waals surface area contributed by atoms with Crippen molar-refractivity contribution in [3.63, 3.8) is 0 Å². The molecule has 0 bridgehead atoms. The highest BCUT2D eigenvalue weighted by atomic mass is 32.2. The number of sulfone groups is 1. The minimum Gasteiger partial charge on any atom is -0.478 e. The third kappa shape index (κ3) is 3.37. The molecule has 0 aliphatic heterocycles. The van der Waals surface area contributed by atoms with Gasteiger partial charge in [0.1, 0.15) is 0 Å². The Morgan fingerprint density at radius 2 is 2.00 bits per heavy atom. The zero-order chi connectivity index (χ0) is 14.8. The van der Waals surface area contributed by atoms with E-state index in [1.165, 1.54) is 6.07 Å². The fourth-order valence-electron chi connectivity index (χ4n) is 1.35. The Morgan fingerprint density at radius 1 is 1.42 bits per heavy atom. The number of carboxylic acid groups (broad SMARTS) is 1. The number of nitrogens with two attached hydrogens (primary N) is 1. The third-order valence-electron chi connectivity index (χ3n) is 3.04. The maximum Gasteiger partial charge on any atom is 0.337 e. The SMILES string of the molecule is CC(C)(CNc1cccc(C(=O)O)c1N)S(C)(=O)=O. The van der Waals surface area contributed by atoms with Crippen molar-refractivity contribution < 1.29 is 18.3 Å². The van der Waals surface area contributed by atoms with Crippen LogP contribution in [-0.2, 0) is 9.84 Å². The normalized spacial score (nSPS) is 12.2. The third-order valence-corrected chi connectivity index (χ3v) is 5.20. The predicted molar refractivity (Wildman–Crippen MR) is 75.2 cm³/mol. The summed E-state index contributed by atoms with van der Waals surface area (Å²) in [6.45, 7) is 3.32. The number of nitrogen functional groups attached to an aromatic ring is 1. The van der Waals surface area contributed by atoms with Gasteiger partial charge >= 0.3 is 5.97 Å². The molecule has 1 aromatic carbocycles. The number of para-hydroxylation sites is 1. The van der Waals surface area contributed by atoms with Crippen LogP contribution in [0, 0.1) is 0 Å². The molecule has 6 nitrogen and oxygen atoms in total. The summed E-state index contributed by atoms with van der Waals surface area (Å²) in [5.41, 5.74) is 6.23. The van der Waals surface area contributed by atoms with Crippen LogP contribution < -0.4 is 11.1 Å². The molecular weight excluding hydrogens is 268 g/mol. The first-order valence-corrected chi connectivity index (χ1v) is 7.50. The monoisotopic (exact) mass is 286 g/mol. The van der Waals surface area contributed by atoms with Crippen LogP contribution in [0.15, 0.2) is 18.2 Å². The van der Waals surface area contributed by atoms with E-state index in [9.17, 15) is 13.2 Å². The molecule has 0 atom stereocenters. The maximum absolute atomic E-state index is 11.6. The van der Waals surface area contributed by atoms with Gasteiger partial charge in [0, 0.05) is 12.8 Å². The second-order valence-electron chi connectivity index (χ2n) is 4.96. The van der Waals surface area contributed by atoms with E-state index >= 15 is 0 Å². The van der Waals surface area contributed by atoms with Crippen LogP contribution in [0.4, 0.5) is 11.4 Å². The highest BCUT2D eigenvalue weighted by molar-refractivity contribution is 7.92. The van der Waals surface area contributed by atoms with Crippen LogP contribution in [0.5, 0.6) is 0 Å². The van der Waals surface area contributed by atoms with Gasteiger partial charge in [0.25, 0.3) is 0 Å². The van der Waals surface area contributed by atoms with E-state index in [0.29, 0.717) is 5.69 Å². The van der Waals surface area contributed by atoms with Crippen LogP contribution >= 0.6 is 0 Å². The van der Waals surface area contributed by atoms with Gasteiger partial charge in [-0.3, -0.25) is 0 Å². The van der Waals surface area contributed by atoms with Gasteiger partial charge in [-0.1, -0.05) is 6.07 Å².